The molecule has 0 fully saturated rings. The number of hydrogen-bond acceptors (Lipinski definition) is 2. The molecule has 0 atom stereocenters. The molecule has 1 aromatic rings. The predicted octanol–water partition coefficient (Wildman–Crippen LogP) is 1.48. The summed E-state index contributed by atoms with van der Waals surface area (Å²) >= 11 is 1.57. The van der Waals surface area contributed by atoms with Crippen molar-refractivity contribution in [3.05, 3.63) is 23.9 Å². The Balaban J connectivity index is 2.54. The van der Waals surface area contributed by atoms with E-state index in [1.807, 2.05) is 6.07 Å². The molecule has 0 saturated heterocycles. The topological polar surface area (TPSA) is 27.0 Å². The zero-order valence-electron chi connectivity index (χ0n) is 4.74. The highest BCUT2D eigenvalue weighted by Crippen LogP contribution is 2.27. The maximum absolute atomic E-state index is 4.10. The van der Waals surface area contributed by atoms with Crippen LogP contribution in [-0.4, -0.2) is 4.98 Å². The maximum Gasteiger partial charge on any atom is 0.163 e. The zero-order valence-corrected chi connectivity index (χ0v) is 5.56. The SMILES string of the molecule is c1cnc2c(c1)CS[N]2. The lowest BCUT2D eigenvalue weighted by Gasteiger charge is -1.89. The Hall–Kier alpha value is -0.700. The van der Waals surface area contributed by atoms with Crippen LogP contribution in [0.3, 0.4) is 0 Å². The molecule has 0 unspecified atom stereocenters. The first-order valence-electron chi connectivity index (χ1n) is 2.74. The Labute approximate surface area is 57.8 Å². The molecule has 1 aliphatic heterocycles. The number of rotatable bonds is 0. The first kappa shape index (κ1) is 5.11. The van der Waals surface area contributed by atoms with Gasteiger partial charge in [0, 0.05) is 17.5 Å². The Morgan fingerprint density at radius 2 is 2.56 bits per heavy atom. The lowest BCUT2D eigenvalue weighted by Crippen LogP contribution is -1.81. The molecule has 2 rings (SSSR count). The Morgan fingerprint density at radius 3 is 3.44 bits per heavy atom. The van der Waals surface area contributed by atoms with Gasteiger partial charge in [0.25, 0.3) is 0 Å². The summed E-state index contributed by atoms with van der Waals surface area (Å²) in [5.74, 6) is 1.89. The fraction of sp³-hybridized carbons (Fsp3) is 0.167. The second-order valence-electron chi connectivity index (χ2n) is 1.85. The highest BCUT2D eigenvalue weighted by atomic mass is 32.2. The highest BCUT2D eigenvalue weighted by molar-refractivity contribution is 7.97. The minimum absolute atomic E-state index is 0.905. The van der Waals surface area contributed by atoms with Crippen LogP contribution in [0, 0.1) is 0 Å². The summed E-state index contributed by atoms with van der Waals surface area (Å²) in [6.45, 7) is 0. The number of aromatic nitrogens is 1. The van der Waals surface area contributed by atoms with Gasteiger partial charge in [0.05, 0.1) is 0 Å². The number of hydrogen-bond donors (Lipinski definition) is 0. The molecular weight excluding hydrogens is 132 g/mol. The Bertz CT molecular complexity index is 201. The molecule has 2 heterocycles. The van der Waals surface area contributed by atoms with Crippen LogP contribution in [0.25, 0.3) is 0 Å². The van der Waals surface area contributed by atoms with Crippen LogP contribution >= 0.6 is 11.9 Å². The van der Waals surface area contributed by atoms with E-state index in [1.54, 1.807) is 18.1 Å². The van der Waals surface area contributed by atoms with Gasteiger partial charge in [0.2, 0.25) is 0 Å². The summed E-state index contributed by atoms with van der Waals surface area (Å²) in [4.78, 5) is 4.07. The Morgan fingerprint density at radius 1 is 1.56 bits per heavy atom. The quantitative estimate of drug-likeness (QED) is 0.506. The van der Waals surface area contributed by atoms with Gasteiger partial charge in [-0.05, 0) is 18.0 Å². The van der Waals surface area contributed by atoms with Crippen molar-refractivity contribution in [3.63, 3.8) is 0 Å². The summed E-state index contributed by atoms with van der Waals surface area (Å²) in [6, 6.07) is 4.01. The number of pyridine rings is 1. The third-order valence-electron chi connectivity index (χ3n) is 1.24. The van der Waals surface area contributed by atoms with Crippen molar-refractivity contribution in [2.75, 3.05) is 0 Å². The summed E-state index contributed by atoms with van der Waals surface area (Å²) in [5, 5.41) is 0. The molecule has 0 aromatic carbocycles. The van der Waals surface area contributed by atoms with Gasteiger partial charge < -0.3 is 0 Å². The molecule has 0 aliphatic carbocycles. The molecule has 1 aliphatic rings. The lowest BCUT2D eigenvalue weighted by atomic mass is 10.3. The molecule has 0 saturated carbocycles. The van der Waals surface area contributed by atoms with Crippen LogP contribution in [0.1, 0.15) is 5.56 Å². The van der Waals surface area contributed by atoms with E-state index >= 15 is 0 Å². The first-order valence-corrected chi connectivity index (χ1v) is 3.68. The van der Waals surface area contributed by atoms with E-state index in [9.17, 15) is 0 Å². The molecule has 3 heteroatoms. The normalized spacial score (nSPS) is 14.7. The molecule has 0 N–H and O–H groups in total. The number of fused-ring (bicyclic) bond motifs is 1. The van der Waals surface area contributed by atoms with Crippen molar-refractivity contribution < 1.29 is 0 Å². The van der Waals surface area contributed by atoms with Gasteiger partial charge >= 0.3 is 0 Å². The molecule has 0 bridgehead atoms. The average Bonchev–Trinajstić information content (AvgIpc) is 2.33. The van der Waals surface area contributed by atoms with Gasteiger partial charge in [-0.2, -0.15) is 4.72 Å². The predicted molar refractivity (Wildman–Crippen MR) is 37.3 cm³/mol. The van der Waals surface area contributed by atoms with Crippen molar-refractivity contribution in [2.24, 2.45) is 0 Å². The second-order valence-corrected chi connectivity index (χ2v) is 2.58. The van der Waals surface area contributed by atoms with Crippen LogP contribution < -0.4 is 4.72 Å². The summed E-state index contributed by atoms with van der Waals surface area (Å²) in [6.07, 6.45) is 1.77. The van der Waals surface area contributed by atoms with Crippen molar-refractivity contribution in [3.8, 4) is 0 Å². The smallest absolute Gasteiger partial charge is 0.163 e. The summed E-state index contributed by atoms with van der Waals surface area (Å²) in [5.41, 5.74) is 1.25. The fourth-order valence-electron chi connectivity index (χ4n) is 0.788. The van der Waals surface area contributed by atoms with Gasteiger partial charge in [-0.3, -0.25) is 0 Å². The van der Waals surface area contributed by atoms with Gasteiger partial charge in [0.1, 0.15) is 0 Å². The van der Waals surface area contributed by atoms with E-state index in [-0.39, 0.29) is 0 Å². The molecule has 1 aromatic heterocycles. The van der Waals surface area contributed by atoms with E-state index in [0.717, 1.165) is 11.6 Å². The van der Waals surface area contributed by atoms with E-state index in [4.69, 9.17) is 0 Å². The van der Waals surface area contributed by atoms with Gasteiger partial charge in [-0.15, -0.1) is 0 Å². The maximum atomic E-state index is 4.10. The highest BCUT2D eigenvalue weighted by Gasteiger charge is 2.11. The largest absolute Gasteiger partial charge is 0.236 e. The third kappa shape index (κ3) is 0.772. The van der Waals surface area contributed by atoms with Crippen molar-refractivity contribution in [1.29, 1.82) is 0 Å². The van der Waals surface area contributed by atoms with E-state index in [0.29, 0.717) is 0 Å². The minimum Gasteiger partial charge on any atom is -0.236 e. The molecule has 9 heavy (non-hydrogen) atoms. The van der Waals surface area contributed by atoms with Crippen LogP contribution in [0.5, 0.6) is 0 Å². The fourth-order valence-corrected chi connectivity index (χ4v) is 1.50. The minimum atomic E-state index is 0.905. The molecule has 0 spiro atoms. The van der Waals surface area contributed by atoms with Gasteiger partial charge in [0.15, 0.2) is 5.82 Å². The molecular formula is C6H5N2S. The average molecular weight is 137 g/mol. The number of nitrogens with zero attached hydrogens (tertiary/aromatic N) is 2. The monoisotopic (exact) mass is 137 g/mol. The van der Waals surface area contributed by atoms with E-state index < -0.39 is 0 Å². The van der Waals surface area contributed by atoms with E-state index in [2.05, 4.69) is 15.8 Å². The molecule has 0 amide bonds. The zero-order chi connectivity index (χ0) is 6.10. The third-order valence-corrected chi connectivity index (χ3v) is 1.98. The summed E-state index contributed by atoms with van der Waals surface area (Å²) < 4.78 is 4.10. The molecule has 1 radical (unpaired) electrons. The van der Waals surface area contributed by atoms with Crippen molar-refractivity contribution >= 4 is 17.8 Å². The first-order chi connectivity index (χ1) is 4.47. The lowest BCUT2D eigenvalue weighted by molar-refractivity contribution is 1.20. The summed E-state index contributed by atoms with van der Waals surface area (Å²) in [7, 11) is 0. The Kier molecular flexibility index (Phi) is 1.09. The van der Waals surface area contributed by atoms with Gasteiger partial charge in [-0.25, -0.2) is 4.98 Å². The van der Waals surface area contributed by atoms with Crippen LogP contribution in [0.2, 0.25) is 0 Å². The molecule has 2 nitrogen and oxygen atoms in total. The van der Waals surface area contributed by atoms with Crippen LogP contribution in [0.15, 0.2) is 18.3 Å². The van der Waals surface area contributed by atoms with Crippen LogP contribution in [0.4, 0.5) is 5.82 Å². The van der Waals surface area contributed by atoms with Gasteiger partial charge in [-0.1, -0.05) is 6.07 Å². The second kappa shape index (κ2) is 1.92. The van der Waals surface area contributed by atoms with Crippen LogP contribution in [-0.2, 0) is 5.75 Å². The van der Waals surface area contributed by atoms with E-state index in [1.165, 1.54) is 5.56 Å². The van der Waals surface area contributed by atoms with Crippen molar-refractivity contribution in [1.82, 2.24) is 9.71 Å². The standard InChI is InChI=1S/C6H5N2S/c1-2-5-4-9-8-6(5)7-3-1/h1-3H,4H2. The van der Waals surface area contributed by atoms with Crippen molar-refractivity contribution in [2.45, 2.75) is 5.75 Å². The molecule has 45 valence electrons.